The molecule has 0 aliphatic rings. The number of nitrogens with two attached hydrogens (primary N) is 1. The Morgan fingerprint density at radius 3 is 2.72 bits per heavy atom. The fourth-order valence-electron chi connectivity index (χ4n) is 1.58. The maximum atomic E-state index is 11.4. The molecule has 0 saturated heterocycles. The molecule has 0 unspecified atom stereocenters. The highest BCUT2D eigenvalue weighted by molar-refractivity contribution is 5.91. The van der Waals surface area contributed by atoms with Crippen LogP contribution >= 0.6 is 0 Å². The predicted molar refractivity (Wildman–Crippen MR) is 64.1 cm³/mol. The summed E-state index contributed by atoms with van der Waals surface area (Å²) in [5.41, 5.74) is 8.10. The maximum absolute atomic E-state index is 11.4. The first-order valence-corrected chi connectivity index (χ1v) is 5.68. The normalized spacial score (nSPS) is 10.8. The number of ketones is 1. The Bertz CT molecular complexity index is 584. The highest BCUT2D eigenvalue weighted by Gasteiger charge is 2.15. The number of anilines is 1. The van der Waals surface area contributed by atoms with Crippen molar-refractivity contribution in [3.05, 3.63) is 23.1 Å². The number of rotatable bonds is 4. The number of hydrogen-bond donors (Lipinski definition) is 1. The van der Waals surface area contributed by atoms with E-state index in [1.807, 2.05) is 13.8 Å². The van der Waals surface area contributed by atoms with E-state index < -0.39 is 0 Å². The van der Waals surface area contributed by atoms with Gasteiger partial charge in [0.1, 0.15) is 6.54 Å². The van der Waals surface area contributed by atoms with Crippen molar-refractivity contribution in [2.75, 3.05) is 5.73 Å². The lowest BCUT2D eigenvalue weighted by atomic mass is 10.3. The Morgan fingerprint density at radius 2 is 2.17 bits per heavy atom. The zero-order valence-corrected chi connectivity index (χ0v) is 10.6. The number of aromatic nitrogens is 4. The number of Topliss-reactive ketones (excluding diaryl/α,β-unsaturated/α-hetero) is 1. The van der Waals surface area contributed by atoms with Crippen LogP contribution in [-0.2, 0) is 6.54 Å². The van der Waals surface area contributed by atoms with Crippen molar-refractivity contribution in [3.8, 4) is 0 Å². The molecule has 0 amide bonds. The number of carbonyl (C=O) groups excluding carboxylic acids is 1. The highest BCUT2D eigenvalue weighted by Crippen LogP contribution is 2.15. The average Bonchev–Trinajstić information content (AvgIpc) is 2.91. The molecule has 7 nitrogen and oxygen atoms in total. The number of aryl methyl sites for hydroxylation is 1. The first kappa shape index (κ1) is 12.3. The van der Waals surface area contributed by atoms with Crippen molar-refractivity contribution in [2.45, 2.75) is 33.7 Å². The molecule has 0 aromatic carbocycles. The molecule has 0 aliphatic carbocycles. The van der Waals surface area contributed by atoms with Crippen molar-refractivity contribution in [1.82, 2.24) is 19.9 Å². The van der Waals surface area contributed by atoms with Gasteiger partial charge >= 0.3 is 0 Å². The zero-order valence-electron chi connectivity index (χ0n) is 10.6. The molecule has 2 heterocycles. The van der Waals surface area contributed by atoms with E-state index in [1.165, 1.54) is 0 Å². The van der Waals surface area contributed by atoms with E-state index in [0.29, 0.717) is 24.5 Å². The minimum absolute atomic E-state index is 0.0435. The summed E-state index contributed by atoms with van der Waals surface area (Å²) in [5.74, 6) is 0.293. The average molecular weight is 249 g/mol. The van der Waals surface area contributed by atoms with Gasteiger partial charge in [-0.25, -0.2) is 0 Å². The van der Waals surface area contributed by atoms with Gasteiger partial charge in [-0.1, -0.05) is 12.1 Å². The van der Waals surface area contributed by atoms with Gasteiger partial charge in [0.15, 0.2) is 5.82 Å². The second-order valence-corrected chi connectivity index (χ2v) is 4.03. The van der Waals surface area contributed by atoms with Crippen LogP contribution in [-0.4, -0.2) is 25.7 Å². The van der Waals surface area contributed by atoms with E-state index in [2.05, 4.69) is 15.2 Å². The molecule has 18 heavy (non-hydrogen) atoms. The lowest BCUT2D eigenvalue weighted by molar-refractivity contribution is 0.0946. The monoisotopic (exact) mass is 249 g/mol. The van der Waals surface area contributed by atoms with Crippen molar-refractivity contribution < 1.29 is 9.32 Å². The molecule has 0 fully saturated rings. The lowest BCUT2D eigenvalue weighted by Crippen LogP contribution is -2.06. The lowest BCUT2D eigenvalue weighted by Gasteiger charge is -1.99. The van der Waals surface area contributed by atoms with Crippen LogP contribution in [0.1, 0.15) is 41.2 Å². The summed E-state index contributed by atoms with van der Waals surface area (Å²) in [7, 11) is 0. The second kappa shape index (κ2) is 4.59. The number of carbonyl (C=O) groups is 1. The Hall–Kier alpha value is -2.18. The second-order valence-electron chi connectivity index (χ2n) is 4.03. The third-order valence-electron chi connectivity index (χ3n) is 2.76. The molecule has 2 aromatic rings. The van der Waals surface area contributed by atoms with Crippen LogP contribution in [0.2, 0.25) is 0 Å². The molecule has 0 spiro atoms. The summed E-state index contributed by atoms with van der Waals surface area (Å²) in [4.78, 5) is 15.4. The topological polar surface area (TPSA) is 99.8 Å². The van der Waals surface area contributed by atoms with Crippen LogP contribution in [0, 0.1) is 13.8 Å². The Kier molecular flexibility index (Phi) is 3.14. The fourth-order valence-corrected chi connectivity index (χ4v) is 1.58. The Morgan fingerprint density at radius 1 is 1.44 bits per heavy atom. The summed E-state index contributed by atoms with van der Waals surface area (Å²) in [6, 6.07) is 0. The molecule has 7 heteroatoms. The minimum Gasteiger partial charge on any atom is -0.396 e. The molecular formula is C11H15N5O2. The summed E-state index contributed by atoms with van der Waals surface area (Å²) in [6.07, 6.45) is 0.342. The summed E-state index contributed by atoms with van der Waals surface area (Å²) in [6.45, 7) is 5.78. The van der Waals surface area contributed by atoms with E-state index in [9.17, 15) is 4.79 Å². The quantitative estimate of drug-likeness (QED) is 0.814. The Labute approximate surface area is 104 Å². The minimum atomic E-state index is -0.165. The van der Waals surface area contributed by atoms with E-state index in [0.717, 1.165) is 11.4 Å². The molecule has 0 atom stereocenters. The van der Waals surface area contributed by atoms with Gasteiger partial charge in [0.05, 0.1) is 17.1 Å². The standard InChI is InChI=1S/C11H15N5O2/c1-4-8(17)11-13-9(15-18-11)5-16-7(3)10(12)6(2)14-16/h4-5,12H2,1-3H3. The third-order valence-corrected chi connectivity index (χ3v) is 2.76. The molecule has 96 valence electrons. The molecule has 2 rings (SSSR count). The molecule has 0 saturated carbocycles. The van der Waals surface area contributed by atoms with Crippen molar-refractivity contribution in [3.63, 3.8) is 0 Å². The molecule has 0 radical (unpaired) electrons. The SMILES string of the molecule is CCC(=O)c1nc(Cn2nc(C)c(N)c2C)no1. The van der Waals surface area contributed by atoms with E-state index in [1.54, 1.807) is 11.6 Å². The number of nitrogen functional groups attached to an aromatic ring is 1. The van der Waals surface area contributed by atoms with Gasteiger partial charge in [-0.15, -0.1) is 0 Å². The molecule has 2 N–H and O–H groups in total. The van der Waals surface area contributed by atoms with Crippen LogP contribution in [0.3, 0.4) is 0 Å². The summed E-state index contributed by atoms with van der Waals surface area (Å²) in [5, 5.41) is 8.02. The van der Waals surface area contributed by atoms with E-state index in [4.69, 9.17) is 10.3 Å². The summed E-state index contributed by atoms with van der Waals surface area (Å²) < 4.78 is 6.57. The Balaban J connectivity index is 2.21. The summed E-state index contributed by atoms with van der Waals surface area (Å²) >= 11 is 0. The van der Waals surface area contributed by atoms with Crippen LogP contribution in [0.15, 0.2) is 4.52 Å². The van der Waals surface area contributed by atoms with Gasteiger partial charge in [0, 0.05) is 6.42 Å². The molecule has 0 bridgehead atoms. The zero-order chi connectivity index (χ0) is 13.3. The number of hydrogen-bond acceptors (Lipinski definition) is 6. The van der Waals surface area contributed by atoms with Gasteiger partial charge in [-0.2, -0.15) is 10.1 Å². The van der Waals surface area contributed by atoms with Crippen molar-refractivity contribution >= 4 is 11.5 Å². The largest absolute Gasteiger partial charge is 0.396 e. The number of nitrogens with zero attached hydrogens (tertiary/aromatic N) is 4. The van der Waals surface area contributed by atoms with E-state index in [-0.39, 0.29) is 11.7 Å². The first-order chi connectivity index (χ1) is 8.52. The predicted octanol–water partition coefficient (Wildman–Crippen LogP) is 1.11. The van der Waals surface area contributed by atoms with Gasteiger partial charge < -0.3 is 10.3 Å². The molecule has 2 aromatic heterocycles. The van der Waals surface area contributed by atoms with Crippen molar-refractivity contribution in [2.24, 2.45) is 0 Å². The fraction of sp³-hybridized carbons (Fsp3) is 0.455. The first-order valence-electron chi connectivity index (χ1n) is 5.68. The van der Waals surface area contributed by atoms with Gasteiger partial charge in [-0.05, 0) is 13.8 Å². The van der Waals surface area contributed by atoms with Gasteiger partial charge in [-0.3, -0.25) is 9.48 Å². The van der Waals surface area contributed by atoms with Crippen molar-refractivity contribution in [1.29, 1.82) is 0 Å². The van der Waals surface area contributed by atoms with E-state index >= 15 is 0 Å². The highest BCUT2D eigenvalue weighted by atomic mass is 16.5. The van der Waals surface area contributed by atoms with Crippen LogP contribution in [0.5, 0.6) is 0 Å². The van der Waals surface area contributed by atoms with Crippen LogP contribution in [0.4, 0.5) is 5.69 Å². The maximum Gasteiger partial charge on any atom is 0.294 e. The molecular weight excluding hydrogens is 234 g/mol. The van der Waals surface area contributed by atoms with Gasteiger partial charge in [0.2, 0.25) is 5.78 Å². The van der Waals surface area contributed by atoms with Gasteiger partial charge in [0.25, 0.3) is 5.89 Å². The molecule has 0 aliphatic heterocycles. The smallest absolute Gasteiger partial charge is 0.294 e. The third kappa shape index (κ3) is 2.11. The van der Waals surface area contributed by atoms with Crippen LogP contribution < -0.4 is 5.73 Å². The van der Waals surface area contributed by atoms with Crippen LogP contribution in [0.25, 0.3) is 0 Å².